The Morgan fingerprint density at radius 3 is 2.86 bits per heavy atom. The Bertz CT molecular complexity index is 652. The van der Waals surface area contributed by atoms with Crippen molar-refractivity contribution in [2.45, 2.75) is 17.7 Å². The molecule has 1 aromatic carbocycles. The number of para-hydroxylation sites is 1. The summed E-state index contributed by atoms with van der Waals surface area (Å²) >= 11 is 4.99. The van der Waals surface area contributed by atoms with E-state index in [4.69, 9.17) is 0 Å². The molecule has 1 heterocycles. The van der Waals surface area contributed by atoms with Crippen molar-refractivity contribution >= 4 is 39.1 Å². The monoisotopic (exact) mass is 367 g/mol. The van der Waals surface area contributed by atoms with Gasteiger partial charge < -0.3 is 5.32 Å². The molecule has 21 heavy (non-hydrogen) atoms. The van der Waals surface area contributed by atoms with Crippen LogP contribution in [0.4, 0.5) is 11.4 Å². The highest BCUT2D eigenvalue weighted by Crippen LogP contribution is 2.34. The van der Waals surface area contributed by atoms with Gasteiger partial charge in [-0.3, -0.25) is 10.1 Å². The van der Waals surface area contributed by atoms with Gasteiger partial charge in [0.1, 0.15) is 10.7 Å². The molecular formula is C14H14BrN3O2S. The summed E-state index contributed by atoms with van der Waals surface area (Å²) in [4.78, 5) is 15.0. The van der Waals surface area contributed by atoms with Crippen LogP contribution in [0.15, 0.2) is 46.0 Å². The number of nitrogens with zero attached hydrogens (tertiary/aromatic N) is 2. The second kappa shape index (κ2) is 7.42. The second-order valence-corrected chi connectivity index (χ2v) is 6.00. The molecule has 0 atom stereocenters. The van der Waals surface area contributed by atoms with Crippen molar-refractivity contribution < 1.29 is 4.92 Å². The maximum atomic E-state index is 11.1. The molecular weight excluding hydrogens is 354 g/mol. The highest BCUT2D eigenvalue weighted by molar-refractivity contribution is 9.10. The van der Waals surface area contributed by atoms with Gasteiger partial charge in [-0.15, -0.1) is 11.8 Å². The topological polar surface area (TPSA) is 68.1 Å². The molecule has 0 aliphatic heterocycles. The Hall–Kier alpha value is -1.60. The van der Waals surface area contributed by atoms with Crippen molar-refractivity contribution in [3.63, 3.8) is 0 Å². The maximum Gasteiger partial charge on any atom is 0.292 e. The minimum Gasteiger partial charge on any atom is -0.380 e. The summed E-state index contributed by atoms with van der Waals surface area (Å²) in [5, 5.41) is 15.1. The molecule has 0 saturated heterocycles. The lowest BCUT2D eigenvalue weighted by atomic mass is 10.1. The van der Waals surface area contributed by atoms with Crippen molar-refractivity contribution in [2.75, 3.05) is 11.9 Å². The molecule has 0 unspecified atom stereocenters. The molecule has 7 heteroatoms. The highest BCUT2D eigenvalue weighted by atomic mass is 79.9. The summed E-state index contributed by atoms with van der Waals surface area (Å²) in [7, 11) is 0. The van der Waals surface area contributed by atoms with Crippen molar-refractivity contribution in [3.8, 4) is 0 Å². The Morgan fingerprint density at radius 2 is 2.19 bits per heavy atom. The smallest absolute Gasteiger partial charge is 0.292 e. The highest BCUT2D eigenvalue weighted by Gasteiger charge is 2.17. The van der Waals surface area contributed by atoms with Gasteiger partial charge in [0, 0.05) is 29.0 Å². The minimum atomic E-state index is -0.358. The molecule has 0 radical (unpaired) electrons. The normalized spacial score (nSPS) is 10.4. The fourth-order valence-electron chi connectivity index (χ4n) is 1.86. The lowest BCUT2D eigenvalue weighted by Crippen LogP contribution is -2.04. The molecule has 0 aliphatic carbocycles. The lowest BCUT2D eigenvalue weighted by Gasteiger charge is -2.11. The number of rotatable bonds is 6. The van der Waals surface area contributed by atoms with E-state index in [0.717, 1.165) is 15.1 Å². The van der Waals surface area contributed by atoms with Gasteiger partial charge in [-0.25, -0.2) is 4.98 Å². The predicted molar refractivity (Wildman–Crippen MR) is 88.8 cm³/mol. The number of anilines is 1. The van der Waals surface area contributed by atoms with Crippen LogP contribution in [0, 0.1) is 10.1 Å². The number of nitrogens with one attached hydrogen (secondary N) is 1. The molecule has 1 aromatic heterocycles. The molecule has 0 fully saturated rings. The summed E-state index contributed by atoms with van der Waals surface area (Å²) in [6, 6.07) is 8.90. The molecule has 1 N–H and O–H groups in total. The number of halogens is 1. The average Bonchev–Trinajstić information content (AvgIpc) is 2.47. The third-order valence-electron chi connectivity index (χ3n) is 2.77. The fraction of sp³-hybridized carbons (Fsp3) is 0.214. The summed E-state index contributed by atoms with van der Waals surface area (Å²) < 4.78 is 0.922. The zero-order valence-electron chi connectivity index (χ0n) is 11.4. The number of nitro groups is 1. The van der Waals surface area contributed by atoms with Crippen LogP contribution in [0.1, 0.15) is 12.5 Å². The molecule has 0 amide bonds. The number of hydrogen-bond donors (Lipinski definition) is 1. The SMILES string of the molecule is CCNc1c(CSc2ncccc2Br)cccc1[N+](=O)[O-]. The van der Waals surface area contributed by atoms with E-state index in [2.05, 4.69) is 26.2 Å². The lowest BCUT2D eigenvalue weighted by molar-refractivity contribution is -0.384. The van der Waals surface area contributed by atoms with Crippen LogP contribution in [-0.4, -0.2) is 16.5 Å². The van der Waals surface area contributed by atoms with E-state index in [1.165, 1.54) is 17.8 Å². The van der Waals surface area contributed by atoms with E-state index in [-0.39, 0.29) is 10.6 Å². The molecule has 110 valence electrons. The van der Waals surface area contributed by atoms with Crippen LogP contribution >= 0.6 is 27.7 Å². The van der Waals surface area contributed by atoms with Crippen molar-refractivity contribution in [3.05, 3.63) is 56.7 Å². The van der Waals surface area contributed by atoms with Gasteiger partial charge in [0.15, 0.2) is 0 Å². The first kappa shape index (κ1) is 15.8. The predicted octanol–water partition coefficient (Wildman–Crippen LogP) is 4.48. The summed E-state index contributed by atoms with van der Waals surface area (Å²) in [6.45, 7) is 2.55. The standard InChI is InChI=1S/C14H14BrN3O2S/c1-2-16-13-10(5-3-7-12(13)18(19)20)9-21-14-11(15)6-4-8-17-14/h3-8,16H,2,9H2,1H3. The van der Waals surface area contributed by atoms with Gasteiger partial charge in [-0.1, -0.05) is 12.1 Å². The van der Waals surface area contributed by atoms with E-state index >= 15 is 0 Å². The number of thioether (sulfide) groups is 1. The van der Waals surface area contributed by atoms with E-state index in [0.29, 0.717) is 18.0 Å². The molecule has 2 aromatic rings. The zero-order valence-corrected chi connectivity index (χ0v) is 13.8. The summed E-state index contributed by atoms with van der Waals surface area (Å²) in [6.07, 6.45) is 1.73. The summed E-state index contributed by atoms with van der Waals surface area (Å²) in [5.41, 5.74) is 1.59. The minimum absolute atomic E-state index is 0.107. The van der Waals surface area contributed by atoms with Gasteiger partial charge in [0.05, 0.1) is 4.92 Å². The molecule has 0 bridgehead atoms. The first-order chi connectivity index (χ1) is 10.1. The van der Waals surface area contributed by atoms with Gasteiger partial charge in [-0.2, -0.15) is 0 Å². The van der Waals surface area contributed by atoms with Gasteiger partial charge in [-0.05, 0) is 40.5 Å². The van der Waals surface area contributed by atoms with Crippen molar-refractivity contribution in [1.82, 2.24) is 4.98 Å². The van der Waals surface area contributed by atoms with Crippen LogP contribution in [0.5, 0.6) is 0 Å². The quantitative estimate of drug-likeness (QED) is 0.463. The van der Waals surface area contributed by atoms with E-state index in [1.807, 2.05) is 25.1 Å². The van der Waals surface area contributed by atoms with Crippen LogP contribution in [-0.2, 0) is 5.75 Å². The number of benzene rings is 1. The van der Waals surface area contributed by atoms with Crippen LogP contribution in [0.25, 0.3) is 0 Å². The number of nitro benzene ring substituents is 1. The number of pyridine rings is 1. The first-order valence-electron chi connectivity index (χ1n) is 6.37. The average molecular weight is 368 g/mol. The van der Waals surface area contributed by atoms with E-state index < -0.39 is 0 Å². The second-order valence-electron chi connectivity index (χ2n) is 4.18. The first-order valence-corrected chi connectivity index (χ1v) is 8.14. The summed E-state index contributed by atoms with van der Waals surface area (Å²) in [5.74, 6) is 0.611. The number of aromatic nitrogens is 1. The molecule has 2 rings (SSSR count). The Morgan fingerprint density at radius 1 is 1.38 bits per heavy atom. The van der Waals surface area contributed by atoms with Gasteiger partial charge >= 0.3 is 0 Å². The van der Waals surface area contributed by atoms with Crippen molar-refractivity contribution in [1.29, 1.82) is 0 Å². The third kappa shape index (κ3) is 3.95. The largest absolute Gasteiger partial charge is 0.380 e. The Balaban J connectivity index is 2.25. The number of hydrogen-bond acceptors (Lipinski definition) is 5. The van der Waals surface area contributed by atoms with Crippen molar-refractivity contribution in [2.24, 2.45) is 0 Å². The Labute approximate surface area is 135 Å². The van der Waals surface area contributed by atoms with E-state index in [1.54, 1.807) is 12.3 Å². The molecule has 0 aliphatic rings. The third-order valence-corrected chi connectivity index (χ3v) is 4.72. The van der Waals surface area contributed by atoms with Crippen LogP contribution < -0.4 is 5.32 Å². The molecule has 5 nitrogen and oxygen atoms in total. The van der Waals surface area contributed by atoms with Crippen LogP contribution in [0.3, 0.4) is 0 Å². The van der Waals surface area contributed by atoms with E-state index in [9.17, 15) is 10.1 Å². The molecule has 0 saturated carbocycles. The fourth-order valence-corrected chi connectivity index (χ4v) is 3.34. The van der Waals surface area contributed by atoms with Gasteiger partial charge in [0.25, 0.3) is 5.69 Å². The maximum absolute atomic E-state index is 11.1. The Kier molecular flexibility index (Phi) is 5.58. The molecule has 0 spiro atoms. The van der Waals surface area contributed by atoms with Crippen LogP contribution in [0.2, 0.25) is 0 Å². The zero-order chi connectivity index (χ0) is 15.2. The van der Waals surface area contributed by atoms with Gasteiger partial charge in [0.2, 0.25) is 0 Å².